The Bertz CT molecular complexity index is 1020. The number of hydrogen-bond donors (Lipinski definition) is 1. The first kappa shape index (κ1) is 19.3. The highest BCUT2D eigenvalue weighted by Crippen LogP contribution is 2.23. The van der Waals surface area contributed by atoms with Gasteiger partial charge in [-0.3, -0.25) is 0 Å². The molecule has 1 N–H and O–H groups in total. The molecule has 0 aliphatic heterocycles. The molecule has 3 rings (SSSR count). The molecule has 0 spiro atoms. The van der Waals surface area contributed by atoms with Crippen molar-refractivity contribution in [1.29, 1.82) is 0 Å². The predicted octanol–water partition coefficient (Wildman–Crippen LogP) is 3.36. The second-order valence-corrected chi connectivity index (χ2v) is 7.99. The van der Waals surface area contributed by atoms with Crippen LogP contribution in [0.25, 0.3) is 11.5 Å². The molecule has 142 valence electrons. The minimum atomic E-state index is -3.66. The highest BCUT2D eigenvalue weighted by atomic mass is 35.5. The van der Waals surface area contributed by atoms with E-state index >= 15 is 0 Å². The number of nitrogens with one attached hydrogen (secondary N) is 1. The molecule has 0 amide bonds. The third-order valence-corrected chi connectivity index (χ3v) is 5.81. The number of benzene rings is 1. The fraction of sp³-hybridized carbons (Fsp3) is 0.222. The van der Waals surface area contributed by atoms with Crippen molar-refractivity contribution >= 4 is 21.6 Å². The van der Waals surface area contributed by atoms with E-state index in [1.165, 1.54) is 0 Å². The van der Waals surface area contributed by atoms with Crippen molar-refractivity contribution in [3.8, 4) is 17.3 Å². The lowest BCUT2D eigenvalue weighted by Crippen LogP contribution is -2.29. The van der Waals surface area contributed by atoms with E-state index in [9.17, 15) is 8.42 Å². The van der Waals surface area contributed by atoms with Crippen LogP contribution in [0.5, 0.6) is 5.88 Å². The molecular weight excluding hydrogens is 390 g/mol. The third-order valence-electron chi connectivity index (χ3n) is 3.80. The smallest absolute Gasteiger partial charge is 0.240 e. The van der Waals surface area contributed by atoms with Gasteiger partial charge >= 0.3 is 0 Å². The standard InChI is InChI=1S/C18H18ClN3O4S/c1-12-11-17(13(2)10-14(12)19)27(23,24)20-7-9-26-18-6-5-15(21-22-18)16-4-3-8-25-16/h3-6,8,10-11,20H,7,9H2,1-2H3. The lowest BCUT2D eigenvalue weighted by atomic mass is 10.2. The van der Waals surface area contributed by atoms with Crippen LogP contribution < -0.4 is 9.46 Å². The molecule has 0 atom stereocenters. The molecular formula is C18H18ClN3O4S. The summed E-state index contributed by atoms with van der Waals surface area (Å²) in [6, 6.07) is 10.1. The molecule has 0 bridgehead atoms. The number of aromatic nitrogens is 2. The summed E-state index contributed by atoms with van der Waals surface area (Å²) in [6.45, 7) is 3.66. The molecule has 0 radical (unpaired) electrons. The number of nitrogens with zero attached hydrogens (tertiary/aromatic N) is 2. The van der Waals surface area contributed by atoms with E-state index in [0.717, 1.165) is 0 Å². The van der Waals surface area contributed by atoms with Gasteiger partial charge < -0.3 is 9.15 Å². The van der Waals surface area contributed by atoms with E-state index in [0.29, 0.717) is 33.5 Å². The molecule has 0 saturated heterocycles. The SMILES string of the molecule is Cc1cc(S(=O)(=O)NCCOc2ccc(-c3ccco3)nn2)c(C)cc1Cl. The molecule has 0 fully saturated rings. The van der Waals surface area contributed by atoms with Crippen molar-refractivity contribution in [2.45, 2.75) is 18.7 Å². The Morgan fingerprint density at radius 1 is 1.15 bits per heavy atom. The third kappa shape index (κ3) is 4.65. The average Bonchev–Trinajstić information content (AvgIpc) is 3.17. The highest BCUT2D eigenvalue weighted by molar-refractivity contribution is 7.89. The second kappa shape index (κ2) is 8.08. The topological polar surface area (TPSA) is 94.3 Å². The number of hydrogen-bond acceptors (Lipinski definition) is 6. The molecule has 27 heavy (non-hydrogen) atoms. The Morgan fingerprint density at radius 3 is 2.63 bits per heavy atom. The van der Waals surface area contributed by atoms with E-state index < -0.39 is 10.0 Å². The van der Waals surface area contributed by atoms with Crippen LogP contribution in [0.3, 0.4) is 0 Å². The summed E-state index contributed by atoms with van der Waals surface area (Å²) >= 11 is 6.02. The van der Waals surface area contributed by atoms with Crippen LogP contribution in [0.1, 0.15) is 11.1 Å². The molecule has 0 aliphatic rings. The van der Waals surface area contributed by atoms with Gasteiger partial charge in [0.1, 0.15) is 12.3 Å². The van der Waals surface area contributed by atoms with E-state index in [1.54, 1.807) is 56.5 Å². The van der Waals surface area contributed by atoms with Crippen LogP contribution in [0.4, 0.5) is 0 Å². The minimum Gasteiger partial charge on any atom is -0.475 e. The largest absolute Gasteiger partial charge is 0.475 e. The van der Waals surface area contributed by atoms with Crippen LogP contribution in [-0.2, 0) is 10.0 Å². The molecule has 3 aromatic rings. The number of halogens is 1. The summed E-state index contributed by atoms with van der Waals surface area (Å²) < 4.78 is 38.1. The normalized spacial score (nSPS) is 11.5. The molecule has 1 aromatic carbocycles. The van der Waals surface area contributed by atoms with Gasteiger partial charge in [0.05, 0.1) is 11.2 Å². The number of furan rings is 1. The van der Waals surface area contributed by atoms with E-state index in [-0.39, 0.29) is 18.0 Å². The summed E-state index contributed by atoms with van der Waals surface area (Å²) in [4.78, 5) is 0.201. The summed E-state index contributed by atoms with van der Waals surface area (Å²) in [5.74, 6) is 0.901. The summed E-state index contributed by atoms with van der Waals surface area (Å²) in [7, 11) is -3.66. The minimum absolute atomic E-state index is 0.0884. The van der Waals surface area contributed by atoms with Gasteiger partial charge in [-0.05, 0) is 55.3 Å². The van der Waals surface area contributed by atoms with Crippen molar-refractivity contribution in [1.82, 2.24) is 14.9 Å². The molecule has 2 aromatic heterocycles. The van der Waals surface area contributed by atoms with Crippen molar-refractivity contribution < 1.29 is 17.6 Å². The fourth-order valence-corrected chi connectivity index (χ4v) is 3.95. The van der Waals surface area contributed by atoms with Gasteiger partial charge in [-0.1, -0.05) is 11.6 Å². The number of aryl methyl sites for hydroxylation is 2. The molecule has 0 saturated carbocycles. The van der Waals surface area contributed by atoms with Crippen molar-refractivity contribution in [2.24, 2.45) is 0 Å². The van der Waals surface area contributed by atoms with Crippen molar-refractivity contribution in [3.63, 3.8) is 0 Å². The van der Waals surface area contributed by atoms with E-state index in [4.69, 9.17) is 20.8 Å². The zero-order valence-electron chi connectivity index (χ0n) is 14.8. The van der Waals surface area contributed by atoms with Gasteiger partial charge in [-0.2, -0.15) is 0 Å². The van der Waals surface area contributed by atoms with Crippen molar-refractivity contribution in [2.75, 3.05) is 13.2 Å². The maximum Gasteiger partial charge on any atom is 0.240 e. The van der Waals surface area contributed by atoms with Crippen LogP contribution in [0.2, 0.25) is 5.02 Å². The lowest BCUT2D eigenvalue weighted by molar-refractivity contribution is 0.307. The fourth-order valence-electron chi connectivity index (χ4n) is 2.41. The van der Waals surface area contributed by atoms with Gasteiger partial charge in [0.15, 0.2) is 5.76 Å². The monoisotopic (exact) mass is 407 g/mol. The summed E-state index contributed by atoms with van der Waals surface area (Å²) in [5.41, 5.74) is 1.87. The highest BCUT2D eigenvalue weighted by Gasteiger charge is 2.17. The Labute approximate surface area is 162 Å². The van der Waals surface area contributed by atoms with E-state index in [2.05, 4.69) is 14.9 Å². The number of ether oxygens (including phenoxy) is 1. The lowest BCUT2D eigenvalue weighted by Gasteiger charge is -2.11. The summed E-state index contributed by atoms with van der Waals surface area (Å²) in [6.07, 6.45) is 1.55. The second-order valence-electron chi connectivity index (χ2n) is 5.85. The first-order chi connectivity index (χ1) is 12.9. The maximum absolute atomic E-state index is 12.5. The van der Waals surface area contributed by atoms with Gasteiger partial charge in [0, 0.05) is 17.6 Å². The summed E-state index contributed by atoms with van der Waals surface area (Å²) in [5, 5.41) is 8.48. The van der Waals surface area contributed by atoms with Crippen LogP contribution in [0.15, 0.2) is 52.0 Å². The maximum atomic E-state index is 12.5. The average molecular weight is 408 g/mol. The van der Waals surface area contributed by atoms with Crippen LogP contribution in [-0.4, -0.2) is 31.8 Å². The van der Waals surface area contributed by atoms with Crippen molar-refractivity contribution in [3.05, 3.63) is 58.8 Å². The number of rotatable bonds is 7. The zero-order chi connectivity index (χ0) is 19.4. The first-order valence-electron chi connectivity index (χ1n) is 8.13. The molecule has 2 heterocycles. The van der Waals surface area contributed by atoms with Gasteiger partial charge in [0.2, 0.25) is 15.9 Å². The van der Waals surface area contributed by atoms with Crippen LogP contribution in [0, 0.1) is 13.8 Å². The number of sulfonamides is 1. The molecule has 0 unspecified atom stereocenters. The molecule has 9 heteroatoms. The Balaban J connectivity index is 1.56. The van der Waals surface area contributed by atoms with Gasteiger partial charge in [-0.15, -0.1) is 10.2 Å². The Kier molecular flexibility index (Phi) is 5.79. The predicted molar refractivity (Wildman–Crippen MR) is 101 cm³/mol. The quantitative estimate of drug-likeness (QED) is 0.603. The molecule has 7 nitrogen and oxygen atoms in total. The Hall–Kier alpha value is -2.42. The Morgan fingerprint density at radius 2 is 1.96 bits per heavy atom. The van der Waals surface area contributed by atoms with Crippen LogP contribution >= 0.6 is 11.6 Å². The first-order valence-corrected chi connectivity index (χ1v) is 10.00. The van der Waals surface area contributed by atoms with Gasteiger partial charge in [0.25, 0.3) is 0 Å². The zero-order valence-corrected chi connectivity index (χ0v) is 16.3. The van der Waals surface area contributed by atoms with Gasteiger partial charge in [-0.25, -0.2) is 13.1 Å². The molecule has 0 aliphatic carbocycles. The van der Waals surface area contributed by atoms with E-state index in [1.807, 2.05) is 0 Å².